The number of fused-ring (bicyclic) bond motifs is 1. The van der Waals surface area contributed by atoms with Crippen molar-refractivity contribution < 1.29 is 28.8 Å². The third kappa shape index (κ3) is 4.37. The maximum Gasteiger partial charge on any atom is 0.231 e. The average molecular weight is 454 g/mol. The van der Waals surface area contributed by atoms with Crippen LogP contribution in [0.4, 0.5) is 0 Å². The topological polar surface area (TPSA) is 77.5 Å². The molecule has 0 aromatic heterocycles. The fraction of sp³-hybridized carbons (Fsp3) is 0.423. The number of Topliss-reactive ketones (excluding diaryl/α,β-unsaturated/α-hetero) is 1. The Morgan fingerprint density at radius 2 is 1.73 bits per heavy atom. The van der Waals surface area contributed by atoms with E-state index in [0.717, 1.165) is 13.1 Å². The number of rotatable bonds is 6. The Bertz CT molecular complexity index is 1080. The van der Waals surface area contributed by atoms with Crippen LogP contribution in [-0.4, -0.2) is 50.2 Å². The molecule has 0 aliphatic carbocycles. The molecule has 4 rings (SSSR count). The highest BCUT2D eigenvalue weighted by Crippen LogP contribution is 2.44. The number of likely N-dealkylation sites (tertiary alicyclic amines) is 1. The molecule has 0 saturated carbocycles. The Hall–Kier alpha value is -3.19. The number of benzene rings is 2. The highest BCUT2D eigenvalue weighted by Gasteiger charge is 2.33. The second-order valence-corrected chi connectivity index (χ2v) is 8.94. The van der Waals surface area contributed by atoms with E-state index in [2.05, 4.69) is 18.7 Å². The Labute approximate surface area is 194 Å². The Kier molecular flexibility index (Phi) is 6.51. The molecule has 7 nitrogen and oxygen atoms in total. The molecule has 176 valence electrons. The van der Waals surface area contributed by atoms with Crippen LogP contribution in [-0.2, 0) is 6.54 Å². The molecule has 2 aromatic rings. The number of carbonyl (C=O) groups excluding carboxylic acids is 1. The quantitative estimate of drug-likeness (QED) is 0.645. The summed E-state index contributed by atoms with van der Waals surface area (Å²) in [5.41, 5.74) is 1.71. The molecule has 0 radical (unpaired) electrons. The average Bonchev–Trinajstić information content (AvgIpc) is 3.10. The van der Waals surface area contributed by atoms with E-state index in [1.165, 1.54) is 20.6 Å². The molecule has 1 N–H and O–H groups in total. The first-order valence-electron chi connectivity index (χ1n) is 11.2. The molecular formula is C26H31NO6. The van der Waals surface area contributed by atoms with E-state index in [0.29, 0.717) is 58.1 Å². The van der Waals surface area contributed by atoms with E-state index in [9.17, 15) is 9.90 Å². The van der Waals surface area contributed by atoms with Gasteiger partial charge < -0.3 is 24.1 Å². The van der Waals surface area contributed by atoms with E-state index in [1.54, 1.807) is 37.5 Å². The van der Waals surface area contributed by atoms with Crippen molar-refractivity contribution in [2.75, 3.05) is 34.4 Å². The van der Waals surface area contributed by atoms with Gasteiger partial charge in [-0.1, -0.05) is 13.8 Å². The third-order valence-electron chi connectivity index (χ3n) is 6.26. The van der Waals surface area contributed by atoms with Gasteiger partial charge in [0.1, 0.15) is 11.5 Å². The Morgan fingerprint density at radius 1 is 1.03 bits per heavy atom. The summed E-state index contributed by atoms with van der Waals surface area (Å²) in [6.45, 7) is 6.93. The van der Waals surface area contributed by atoms with Gasteiger partial charge in [0.05, 0.1) is 32.5 Å². The van der Waals surface area contributed by atoms with Crippen LogP contribution in [0.1, 0.15) is 41.8 Å². The van der Waals surface area contributed by atoms with Crippen LogP contribution in [0.25, 0.3) is 6.08 Å². The number of ketones is 1. The van der Waals surface area contributed by atoms with Gasteiger partial charge in [0.15, 0.2) is 17.3 Å². The van der Waals surface area contributed by atoms with Crippen molar-refractivity contribution in [1.29, 1.82) is 0 Å². The van der Waals surface area contributed by atoms with Crippen molar-refractivity contribution >= 4 is 11.9 Å². The molecule has 0 unspecified atom stereocenters. The van der Waals surface area contributed by atoms with Crippen molar-refractivity contribution in [3.63, 3.8) is 0 Å². The van der Waals surface area contributed by atoms with E-state index in [-0.39, 0.29) is 17.3 Å². The number of methoxy groups -OCH3 is 3. The number of piperidine rings is 1. The Morgan fingerprint density at radius 3 is 2.36 bits per heavy atom. The summed E-state index contributed by atoms with van der Waals surface area (Å²) in [4.78, 5) is 15.5. The zero-order valence-corrected chi connectivity index (χ0v) is 19.8. The first-order valence-corrected chi connectivity index (χ1v) is 11.2. The van der Waals surface area contributed by atoms with Crippen LogP contribution >= 0.6 is 0 Å². The van der Waals surface area contributed by atoms with Gasteiger partial charge in [-0.3, -0.25) is 9.69 Å². The van der Waals surface area contributed by atoms with Crippen LogP contribution in [0.15, 0.2) is 30.0 Å². The second-order valence-electron chi connectivity index (χ2n) is 8.94. The van der Waals surface area contributed by atoms with Gasteiger partial charge in [-0.15, -0.1) is 0 Å². The van der Waals surface area contributed by atoms with Crippen LogP contribution in [0, 0.1) is 11.8 Å². The van der Waals surface area contributed by atoms with E-state index >= 15 is 0 Å². The highest BCUT2D eigenvalue weighted by atomic mass is 16.5. The number of phenolic OH excluding ortho intramolecular Hbond substituents is 1. The number of nitrogens with zero attached hydrogens (tertiary/aromatic N) is 1. The van der Waals surface area contributed by atoms with Crippen LogP contribution < -0.4 is 18.9 Å². The number of hydrogen-bond acceptors (Lipinski definition) is 7. The molecule has 0 spiro atoms. The molecule has 7 heteroatoms. The molecule has 33 heavy (non-hydrogen) atoms. The molecule has 2 aliphatic rings. The molecule has 0 bridgehead atoms. The summed E-state index contributed by atoms with van der Waals surface area (Å²) >= 11 is 0. The van der Waals surface area contributed by atoms with Gasteiger partial charge in [0.25, 0.3) is 0 Å². The second kappa shape index (κ2) is 9.35. The van der Waals surface area contributed by atoms with Crippen molar-refractivity contribution in [1.82, 2.24) is 4.90 Å². The first kappa shape index (κ1) is 23.0. The number of hydrogen-bond donors (Lipinski definition) is 1. The third-order valence-corrected chi connectivity index (χ3v) is 6.26. The maximum atomic E-state index is 13.2. The summed E-state index contributed by atoms with van der Waals surface area (Å²) in [5, 5.41) is 10.6. The molecule has 1 fully saturated rings. The van der Waals surface area contributed by atoms with Crippen LogP contribution in [0.5, 0.6) is 28.7 Å². The lowest BCUT2D eigenvalue weighted by Crippen LogP contribution is -2.38. The zero-order valence-electron chi connectivity index (χ0n) is 19.8. The lowest BCUT2D eigenvalue weighted by Gasteiger charge is -2.35. The van der Waals surface area contributed by atoms with Crippen LogP contribution in [0.3, 0.4) is 0 Å². The largest absolute Gasteiger partial charge is 0.507 e. The summed E-state index contributed by atoms with van der Waals surface area (Å²) in [6.07, 6.45) is 2.83. The predicted molar refractivity (Wildman–Crippen MR) is 125 cm³/mol. The smallest absolute Gasteiger partial charge is 0.231 e. The normalized spacial score (nSPS) is 21.6. The van der Waals surface area contributed by atoms with Crippen LogP contribution in [0.2, 0.25) is 0 Å². The zero-order chi connectivity index (χ0) is 23.7. The number of ether oxygens (including phenoxy) is 4. The maximum absolute atomic E-state index is 13.2. The summed E-state index contributed by atoms with van der Waals surface area (Å²) in [5.74, 6) is 3.07. The van der Waals surface area contributed by atoms with E-state index in [1.807, 2.05) is 0 Å². The SMILES string of the molecule is COc1ccc(C=C2Oc3c(ccc(O)c3CN3C[C@@H](C)C[C@H](C)C3)C2=O)c(OC)c1OC. The molecule has 2 aromatic carbocycles. The Balaban J connectivity index is 1.68. The van der Waals surface area contributed by atoms with Crippen molar-refractivity contribution in [2.24, 2.45) is 11.8 Å². The minimum Gasteiger partial charge on any atom is -0.507 e. The van der Waals surface area contributed by atoms with E-state index in [4.69, 9.17) is 18.9 Å². The molecule has 0 amide bonds. The molecule has 1 saturated heterocycles. The summed E-state index contributed by atoms with van der Waals surface area (Å²) in [6, 6.07) is 6.72. The lowest BCUT2D eigenvalue weighted by atomic mass is 9.91. The van der Waals surface area contributed by atoms with Crippen molar-refractivity contribution in [2.45, 2.75) is 26.8 Å². The fourth-order valence-corrected chi connectivity index (χ4v) is 4.97. The monoisotopic (exact) mass is 453 g/mol. The molecule has 2 atom stereocenters. The van der Waals surface area contributed by atoms with Gasteiger partial charge in [-0.2, -0.15) is 0 Å². The summed E-state index contributed by atoms with van der Waals surface area (Å²) < 4.78 is 22.4. The van der Waals surface area contributed by atoms with Gasteiger partial charge in [0, 0.05) is 25.2 Å². The molecule has 2 aliphatic heterocycles. The van der Waals surface area contributed by atoms with E-state index < -0.39 is 0 Å². The van der Waals surface area contributed by atoms with Gasteiger partial charge >= 0.3 is 0 Å². The summed E-state index contributed by atoms with van der Waals surface area (Å²) in [7, 11) is 4.61. The first-order chi connectivity index (χ1) is 15.9. The minimum absolute atomic E-state index is 0.136. The standard InChI is InChI=1S/C26H31NO6/c1-15-10-16(2)13-27(12-15)14-19-20(28)8-7-18-23(29)22(33-25(18)19)11-17-6-9-21(30-3)26(32-5)24(17)31-4/h6-9,11,15-16,28H,10,12-14H2,1-5H3/t15-,16-/m0/s1. The van der Waals surface area contributed by atoms with Gasteiger partial charge in [-0.05, 0) is 48.6 Å². The number of aromatic hydroxyl groups is 1. The van der Waals surface area contributed by atoms with Crippen molar-refractivity contribution in [3.05, 3.63) is 46.7 Å². The van der Waals surface area contributed by atoms with Gasteiger partial charge in [-0.25, -0.2) is 0 Å². The van der Waals surface area contributed by atoms with Crippen molar-refractivity contribution in [3.8, 4) is 28.7 Å². The fourth-order valence-electron chi connectivity index (χ4n) is 4.97. The minimum atomic E-state index is -0.233. The molecule has 2 heterocycles. The number of carbonyl (C=O) groups is 1. The predicted octanol–water partition coefficient (Wildman–Crippen LogP) is 4.51. The number of phenols is 1. The number of allylic oxidation sites excluding steroid dienone is 1. The lowest BCUT2D eigenvalue weighted by molar-refractivity contribution is 0.101. The highest BCUT2D eigenvalue weighted by molar-refractivity contribution is 6.15. The van der Waals surface area contributed by atoms with Gasteiger partial charge in [0.2, 0.25) is 11.5 Å². The molecular weight excluding hydrogens is 422 g/mol.